The van der Waals surface area contributed by atoms with Gasteiger partial charge < -0.3 is 14.2 Å². The molecule has 3 heterocycles. The number of sulfonamides is 1. The molecule has 26 heavy (non-hydrogen) atoms. The summed E-state index contributed by atoms with van der Waals surface area (Å²) in [6.07, 6.45) is 1.81. The molecule has 0 radical (unpaired) electrons. The van der Waals surface area contributed by atoms with Crippen molar-refractivity contribution in [2.45, 2.75) is 30.4 Å². The van der Waals surface area contributed by atoms with Crippen LogP contribution in [0.25, 0.3) is 0 Å². The Hall–Kier alpha value is -1.61. The third kappa shape index (κ3) is 3.73. The van der Waals surface area contributed by atoms with Gasteiger partial charge in [0.25, 0.3) is 0 Å². The van der Waals surface area contributed by atoms with Crippen molar-refractivity contribution in [3.63, 3.8) is 0 Å². The molecule has 0 aliphatic carbocycles. The maximum absolute atomic E-state index is 13.3. The number of fused-ring (bicyclic) bond motifs is 1. The zero-order chi connectivity index (χ0) is 18.0. The highest BCUT2D eigenvalue weighted by Crippen LogP contribution is 2.34. The summed E-state index contributed by atoms with van der Waals surface area (Å²) in [5.74, 6) is 1.06. The van der Waals surface area contributed by atoms with E-state index in [1.807, 2.05) is 17.5 Å². The molecule has 8 heteroatoms. The van der Waals surface area contributed by atoms with Gasteiger partial charge in [-0.1, -0.05) is 6.07 Å². The van der Waals surface area contributed by atoms with Crippen LogP contribution >= 0.6 is 11.3 Å². The minimum Gasteiger partial charge on any atom is -0.486 e. The molecule has 0 amide bonds. The summed E-state index contributed by atoms with van der Waals surface area (Å²) in [6.45, 7) is 2.29. The standard InChI is InChI=1S/C18H21NO5S2/c20-26(21,16-5-6-17-18(11-16)24-9-8-23-17)19(12-14-3-1-7-22-14)13-15-4-2-10-25-15/h2,4-6,10-11,14H,1,3,7-9,12-13H2/t14-/m1/s1. The molecule has 0 unspecified atom stereocenters. The number of hydrogen-bond donors (Lipinski definition) is 0. The smallest absolute Gasteiger partial charge is 0.243 e. The predicted molar refractivity (Wildman–Crippen MR) is 98.3 cm³/mol. The number of hydrogen-bond acceptors (Lipinski definition) is 6. The Bertz CT molecular complexity index is 844. The minimum atomic E-state index is -3.67. The Morgan fingerprint density at radius 2 is 1.96 bits per heavy atom. The van der Waals surface area contributed by atoms with Gasteiger partial charge in [-0.05, 0) is 36.4 Å². The number of nitrogens with zero attached hydrogens (tertiary/aromatic N) is 1. The molecule has 1 saturated heterocycles. The topological polar surface area (TPSA) is 65.1 Å². The van der Waals surface area contributed by atoms with E-state index in [0.717, 1.165) is 17.7 Å². The van der Waals surface area contributed by atoms with Crippen molar-refractivity contribution in [3.8, 4) is 11.5 Å². The van der Waals surface area contributed by atoms with E-state index in [1.54, 1.807) is 29.5 Å². The molecule has 0 saturated carbocycles. The monoisotopic (exact) mass is 395 g/mol. The Balaban J connectivity index is 1.63. The minimum absolute atomic E-state index is 0.0538. The summed E-state index contributed by atoms with van der Waals surface area (Å²) in [7, 11) is -3.67. The molecule has 0 bridgehead atoms. The average molecular weight is 396 g/mol. The number of rotatable bonds is 6. The fraction of sp³-hybridized carbons (Fsp3) is 0.444. The van der Waals surface area contributed by atoms with Crippen LogP contribution in [0.3, 0.4) is 0 Å². The van der Waals surface area contributed by atoms with Gasteiger partial charge >= 0.3 is 0 Å². The van der Waals surface area contributed by atoms with Crippen LogP contribution < -0.4 is 9.47 Å². The van der Waals surface area contributed by atoms with E-state index in [0.29, 0.717) is 44.4 Å². The maximum Gasteiger partial charge on any atom is 0.243 e. The molecular weight excluding hydrogens is 374 g/mol. The van der Waals surface area contributed by atoms with E-state index in [1.165, 1.54) is 4.31 Å². The average Bonchev–Trinajstić information content (AvgIpc) is 3.35. The lowest BCUT2D eigenvalue weighted by atomic mass is 10.2. The predicted octanol–water partition coefficient (Wildman–Crippen LogP) is 2.89. The Kier molecular flexibility index (Phi) is 5.17. The molecule has 2 aromatic rings. The van der Waals surface area contributed by atoms with Gasteiger partial charge in [0.1, 0.15) is 13.2 Å². The van der Waals surface area contributed by atoms with Crippen molar-refractivity contribution in [1.82, 2.24) is 4.31 Å². The Morgan fingerprint density at radius 3 is 2.69 bits per heavy atom. The van der Waals surface area contributed by atoms with E-state index in [-0.39, 0.29) is 11.0 Å². The van der Waals surface area contributed by atoms with Crippen LogP contribution in [0, 0.1) is 0 Å². The van der Waals surface area contributed by atoms with Crippen molar-refractivity contribution < 1.29 is 22.6 Å². The molecule has 2 aliphatic heterocycles. The van der Waals surface area contributed by atoms with Crippen molar-refractivity contribution in [1.29, 1.82) is 0 Å². The molecular formula is C18H21NO5S2. The molecule has 0 N–H and O–H groups in total. The van der Waals surface area contributed by atoms with Crippen molar-refractivity contribution in [3.05, 3.63) is 40.6 Å². The van der Waals surface area contributed by atoms with Gasteiger partial charge in [0.15, 0.2) is 11.5 Å². The molecule has 6 nitrogen and oxygen atoms in total. The summed E-state index contributed by atoms with van der Waals surface area (Å²) in [5.41, 5.74) is 0. The molecule has 0 spiro atoms. The van der Waals surface area contributed by atoms with E-state index in [9.17, 15) is 8.42 Å². The first-order chi connectivity index (χ1) is 12.6. The van der Waals surface area contributed by atoms with E-state index in [4.69, 9.17) is 14.2 Å². The normalized spacial score (nSPS) is 19.8. The van der Waals surface area contributed by atoms with E-state index >= 15 is 0 Å². The molecule has 1 aromatic heterocycles. The third-order valence-corrected chi connectivity index (χ3v) is 7.16. The highest BCUT2D eigenvalue weighted by Gasteiger charge is 2.30. The van der Waals surface area contributed by atoms with Gasteiger partial charge in [-0.3, -0.25) is 0 Å². The summed E-state index contributed by atoms with van der Waals surface area (Å²) >= 11 is 1.55. The van der Waals surface area contributed by atoms with Crippen molar-refractivity contribution in [2.24, 2.45) is 0 Å². The largest absolute Gasteiger partial charge is 0.486 e. The zero-order valence-electron chi connectivity index (χ0n) is 14.3. The maximum atomic E-state index is 13.3. The lowest BCUT2D eigenvalue weighted by Crippen LogP contribution is -2.36. The SMILES string of the molecule is O=S(=O)(c1ccc2c(c1)OCCO2)N(Cc1cccs1)C[C@H]1CCCO1. The number of ether oxygens (including phenoxy) is 3. The zero-order valence-corrected chi connectivity index (χ0v) is 15.9. The van der Waals surface area contributed by atoms with Crippen LogP contribution in [0.2, 0.25) is 0 Å². The summed E-state index contributed by atoms with van der Waals surface area (Å²) in [4.78, 5) is 1.22. The highest BCUT2D eigenvalue weighted by molar-refractivity contribution is 7.89. The first-order valence-corrected chi connectivity index (χ1v) is 11.0. The first-order valence-electron chi connectivity index (χ1n) is 8.67. The summed E-state index contributed by atoms with van der Waals surface area (Å²) in [5, 5.41) is 1.95. The molecule has 2 aliphatic rings. The molecule has 140 valence electrons. The van der Waals surface area contributed by atoms with Crippen LogP contribution in [-0.4, -0.2) is 45.2 Å². The molecule has 4 rings (SSSR count). The molecule has 1 fully saturated rings. The van der Waals surface area contributed by atoms with E-state index < -0.39 is 10.0 Å². The van der Waals surface area contributed by atoms with Gasteiger partial charge in [0.2, 0.25) is 10.0 Å². The van der Waals surface area contributed by atoms with Gasteiger partial charge in [0.05, 0.1) is 11.0 Å². The van der Waals surface area contributed by atoms with Crippen molar-refractivity contribution >= 4 is 21.4 Å². The second-order valence-electron chi connectivity index (χ2n) is 6.32. The fourth-order valence-corrected chi connectivity index (χ4v) is 5.44. The molecule has 1 atom stereocenters. The van der Waals surface area contributed by atoms with Gasteiger partial charge in [-0.15, -0.1) is 11.3 Å². The molecule has 1 aromatic carbocycles. The van der Waals surface area contributed by atoms with Crippen LogP contribution in [0.5, 0.6) is 11.5 Å². The van der Waals surface area contributed by atoms with Gasteiger partial charge in [0, 0.05) is 30.6 Å². The quantitative estimate of drug-likeness (QED) is 0.753. The fourth-order valence-electron chi connectivity index (χ4n) is 3.17. The van der Waals surface area contributed by atoms with Crippen LogP contribution in [0.4, 0.5) is 0 Å². The second kappa shape index (κ2) is 7.56. The Labute approximate surface area is 157 Å². The lowest BCUT2D eigenvalue weighted by molar-refractivity contribution is 0.0927. The van der Waals surface area contributed by atoms with Crippen LogP contribution in [0.15, 0.2) is 40.6 Å². The Morgan fingerprint density at radius 1 is 1.12 bits per heavy atom. The van der Waals surface area contributed by atoms with Crippen LogP contribution in [0.1, 0.15) is 17.7 Å². The van der Waals surface area contributed by atoms with E-state index in [2.05, 4.69) is 0 Å². The van der Waals surface area contributed by atoms with Gasteiger partial charge in [-0.2, -0.15) is 4.31 Å². The summed E-state index contributed by atoms with van der Waals surface area (Å²) in [6, 6.07) is 8.69. The number of thiophene rings is 1. The third-order valence-electron chi connectivity index (χ3n) is 4.49. The summed E-state index contributed by atoms with van der Waals surface area (Å²) < 4.78 is 44.9. The van der Waals surface area contributed by atoms with Gasteiger partial charge in [-0.25, -0.2) is 8.42 Å². The second-order valence-corrected chi connectivity index (χ2v) is 9.29. The highest BCUT2D eigenvalue weighted by atomic mass is 32.2. The van der Waals surface area contributed by atoms with Crippen LogP contribution in [-0.2, 0) is 21.3 Å². The lowest BCUT2D eigenvalue weighted by Gasteiger charge is -2.25. The van der Waals surface area contributed by atoms with Crippen molar-refractivity contribution in [2.75, 3.05) is 26.4 Å². The first kappa shape index (κ1) is 17.8. The number of benzene rings is 1.